The van der Waals surface area contributed by atoms with Crippen LogP contribution in [0.4, 0.5) is 5.95 Å². The van der Waals surface area contributed by atoms with Gasteiger partial charge in [-0.05, 0) is 38.6 Å². The maximum Gasteiger partial charge on any atom is 0.272 e. The molecule has 1 amide bonds. The lowest BCUT2D eigenvalue weighted by Gasteiger charge is -2.23. The van der Waals surface area contributed by atoms with Gasteiger partial charge in [0.1, 0.15) is 5.69 Å². The third kappa shape index (κ3) is 4.56. The first-order valence-corrected chi connectivity index (χ1v) is 9.76. The average molecular weight is 377 g/mol. The Labute approximate surface area is 160 Å². The average Bonchev–Trinajstić information content (AvgIpc) is 3.07. The number of nitrogens with zero attached hydrogens (tertiary/aromatic N) is 4. The number of aliphatic hydroxyl groups excluding tert-OH is 1. The summed E-state index contributed by atoms with van der Waals surface area (Å²) in [5.74, 6) is 0.403. The molecule has 27 heavy (non-hydrogen) atoms. The first kappa shape index (κ1) is 20.0. The maximum absolute atomic E-state index is 13.2. The number of amides is 1. The lowest BCUT2D eigenvalue weighted by atomic mass is 9.94. The first-order chi connectivity index (χ1) is 13.0. The molecule has 0 bridgehead atoms. The van der Waals surface area contributed by atoms with Gasteiger partial charge in [-0.2, -0.15) is 0 Å². The van der Waals surface area contributed by atoms with E-state index in [1.165, 1.54) is 0 Å². The summed E-state index contributed by atoms with van der Waals surface area (Å²) in [5.41, 5.74) is 8.20. The van der Waals surface area contributed by atoms with Crippen molar-refractivity contribution in [2.45, 2.75) is 25.7 Å². The van der Waals surface area contributed by atoms with Crippen molar-refractivity contribution < 1.29 is 14.6 Å². The number of methoxy groups -OCH3 is 1. The Kier molecular flexibility index (Phi) is 6.62. The second kappa shape index (κ2) is 8.95. The summed E-state index contributed by atoms with van der Waals surface area (Å²) in [6, 6.07) is 0. The van der Waals surface area contributed by atoms with Gasteiger partial charge in [-0.1, -0.05) is 0 Å². The molecule has 2 atom stereocenters. The van der Waals surface area contributed by atoms with E-state index in [0.717, 1.165) is 50.0 Å². The van der Waals surface area contributed by atoms with Gasteiger partial charge in [-0.3, -0.25) is 4.79 Å². The molecule has 1 saturated heterocycles. The Balaban J connectivity index is 1.73. The van der Waals surface area contributed by atoms with Crippen LogP contribution in [-0.2, 0) is 17.6 Å². The van der Waals surface area contributed by atoms with Gasteiger partial charge >= 0.3 is 0 Å². The molecule has 1 aliphatic heterocycles. The quantitative estimate of drug-likeness (QED) is 0.699. The summed E-state index contributed by atoms with van der Waals surface area (Å²) in [6.07, 6.45) is 3.81. The highest BCUT2D eigenvalue weighted by atomic mass is 16.5. The Hall–Kier alpha value is -1.77. The van der Waals surface area contributed by atoms with Crippen molar-refractivity contribution in [1.82, 2.24) is 19.8 Å². The minimum Gasteiger partial charge on any atom is -0.396 e. The lowest BCUT2D eigenvalue weighted by molar-refractivity contribution is 0.0771. The molecular weight excluding hydrogens is 346 g/mol. The minimum atomic E-state index is -0.0808. The van der Waals surface area contributed by atoms with E-state index in [-0.39, 0.29) is 30.3 Å². The van der Waals surface area contributed by atoms with Gasteiger partial charge < -0.3 is 25.4 Å². The molecule has 2 heterocycles. The van der Waals surface area contributed by atoms with Gasteiger partial charge in [-0.15, -0.1) is 0 Å². The number of anilines is 1. The Bertz CT molecular complexity index is 669. The van der Waals surface area contributed by atoms with E-state index >= 15 is 0 Å². The Morgan fingerprint density at radius 1 is 1.30 bits per heavy atom. The van der Waals surface area contributed by atoms with E-state index in [1.54, 1.807) is 7.11 Å². The zero-order valence-electron chi connectivity index (χ0n) is 16.4. The molecular formula is C19H31N5O3. The van der Waals surface area contributed by atoms with Crippen molar-refractivity contribution in [1.29, 1.82) is 0 Å². The fraction of sp³-hybridized carbons (Fsp3) is 0.737. The molecule has 1 aromatic rings. The van der Waals surface area contributed by atoms with Crippen LogP contribution in [0.15, 0.2) is 0 Å². The molecule has 2 aliphatic rings. The molecule has 0 spiro atoms. The van der Waals surface area contributed by atoms with E-state index in [0.29, 0.717) is 25.4 Å². The van der Waals surface area contributed by atoms with Crippen LogP contribution in [0.1, 0.15) is 34.6 Å². The molecule has 1 aliphatic carbocycles. The van der Waals surface area contributed by atoms with E-state index in [9.17, 15) is 9.90 Å². The third-order valence-electron chi connectivity index (χ3n) is 5.72. The second-order valence-corrected chi connectivity index (χ2v) is 7.73. The number of aryl methyl sites for hydroxylation is 1. The van der Waals surface area contributed by atoms with Gasteiger partial charge in [0, 0.05) is 57.1 Å². The Morgan fingerprint density at radius 2 is 2.04 bits per heavy atom. The van der Waals surface area contributed by atoms with Crippen LogP contribution in [0.3, 0.4) is 0 Å². The number of likely N-dealkylation sites (tertiary alicyclic amines) is 1. The zero-order chi connectivity index (χ0) is 19.4. The van der Waals surface area contributed by atoms with Gasteiger partial charge in [0.15, 0.2) is 0 Å². The highest BCUT2D eigenvalue weighted by Crippen LogP contribution is 2.28. The zero-order valence-corrected chi connectivity index (χ0v) is 16.4. The van der Waals surface area contributed by atoms with Gasteiger partial charge in [0.25, 0.3) is 5.91 Å². The number of rotatable bonds is 7. The summed E-state index contributed by atoms with van der Waals surface area (Å²) in [7, 11) is 3.73. The number of hydrogen-bond acceptors (Lipinski definition) is 7. The summed E-state index contributed by atoms with van der Waals surface area (Å²) in [4.78, 5) is 25.8. The van der Waals surface area contributed by atoms with Crippen LogP contribution in [0.5, 0.6) is 0 Å². The van der Waals surface area contributed by atoms with Crippen molar-refractivity contribution in [3.05, 3.63) is 17.0 Å². The van der Waals surface area contributed by atoms with E-state index in [4.69, 9.17) is 10.5 Å². The van der Waals surface area contributed by atoms with Gasteiger partial charge in [0.05, 0.1) is 6.61 Å². The lowest BCUT2D eigenvalue weighted by Crippen LogP contribution is -2.34. The van der Waals surface area contributed by atoms with Crippen LogP contribution >= 0.6 is 0 Å². The first-order valence-electron chi connectivity index (χ1n) is 9.76. The number of hydrogen-bond donors (Lipinski definition) is 2. The van der Waals surface area contributed by atoms with Crippen molar-refractivity contribution >= 4 is 11.9 Å². The van der Waals surface area contributed by atoms with Gasteiger partial charge in [-0.25, -0.2) is 9.97 Å². The largest absolute Gasteiger partial charge is 0.396 e. The van der Waals surface area contributed by atoms with Crippen molar-refractivity contribution in [3.63, 3.8) is 0 Å². The highest BCUT2D eigenvalue weighted by Gasteiger charge is 2.37. The van der Waals surface area contributed by atoms with E-state index in [1.807, 2.05) is 11.9 Å². The van der Waals surface area contributed by atoms with Gasteiger partial charge in [0.2, 0.25) is 5.95 Å². The Morgan fingerprint density at radius 3 is 2.78 bits per heavy atom. The fourth-order valence-electron chi connectivity index (χ4n) is 4.20. The van der Waals surface area contributed by atoms with E-state index < -0.39 is 0 Å². The number of carbonyl (C=O) groups is 1. The number of nitrogen functional groups attached to an aromatic ring is 1. The number of fused-ring (bicyclic) bond motifs is 1. The molecule has 0 unspecified atom stereocenters. The van der Waals surface area contributed by atoms with Crippen molar-refractivity contribution in [2.75, 3.05) is 59.3 Å². The number of ether oxygens (including phenoxy) is 1. The third-order valence-corrected chi connectivity index (χ3v) is 5.72. The van der Waals surface area contributed by atoms with Crippen LogP contribution in [0, 0.1) is 11.8 Å². The van der Waals surface area contributed by atoms with Crippen LogP contribution in [0.25, 0.3) is 0 Å². The summed E-state index contributed by atoms with van der Waals surface area (Å²) in [6.45, 7) is 3.58. The summed E-state index contributed by atoms with van der Waals surface area (Å²) < 4.78 is 5.13. The molecule has 1 fully saturated rings. The maximum atomic E-state index is 13.2. The van der Waals surface area contributed by atoms with Crippen LogP contribution in [-0.4, -0.2) is 84.3 Å². The summed E-state index contributed by atoms with van der Waals surface area (Å²) >= 11 is 0. The molecule has 8 nitrogen and oxygen atoms in total. The predicted octanol–water partition coefficient (Wildman–Crippen LogP) is 0.196. The number of carbonyl (C=O) groups excluding carboxylic acids is 1. The number of aliphatic hydroxyl groups is 1. The molecule has 1 aromatic heterocycles. The number of aromatic nitrogens is 2. The van der Waals surface area contributed by atoms with E-state index in [2.05, 4.69) is 14.9 Å². The SMILES string of the molecule is COCCN(C)C[C@@H]1CN(C(=O)c2nc(N)nc3c2CCCC3)C[C@@H]1CO. The number of likely N-dealkylation sites (N-methyl/N-ethyl adjacent to an activating group) is 1. The molecule has 8 heteroatoms. The van der Waals surface area contributed by atoms with Crippen LogP contribution in [0.2, 0.25) is 0 Å². The number of nitrogens with two attached hydrogens (primary N) is 1. The smallest absolute Gasteiger partial charge is 0.272 e. The normalized spacial score (nSPS) is 22.3. The topological polar surface area (TPSA) is 105 Å². The molecule has 0 radical (unpaired) electrons. The molecule has 3 N–H and O–H groups in total. The van der Waals surface area contributed by atoms with Crippen LogP contribution < -0.4 is 5.73 Å². The second-order valence-electron chi connectivity index (χ2n) is 7.73. The molecule has 0 aromatic carbocycles. The predicted molar refractivity (Wildman–Crippen MR) is 102 cm³/mol. The molecule has 0 saturated carbocycles. The standard InChI is InChI=1S/C19H31N5O3/c1-23(7-8-27-2)9-13-10-24(11-14(13)12-25)18(26)17-15-5-3-4-6-16(15)21-19(20)22-17/h13-14,25H,3-12H2,1-2H3,(H2,20,21,22)/t13-,14-/m1/s1. The monoisotopic (exact) mass is 377 g/mol. The highest BCUT2D eigenvalue weighted by molar-refractivity contribution is 5.94. The van der Waals surface area contributed by atoms with Crippen molar-refractivity contribution in [3.8, 4) is 0 Å². The van der Waals surface area contributed by atoms with Crippen molar-refractivity contribution in [2.24, 2.45) is 11.8 Å². The minimum absolute atomic E-state index is 0.0777. The fourth-order valence-corrected chi connectivity index (χ4v) is 4.20. The summed E-state index contributed by atoms with van der Waals surface area (Å²) in [5, 5.41) is 9.80. The molecule has 150 valence electrons. The molecule has 3 rings (SSSR count).